The molecule has 0 spiro atoms. The Morgan fingerprint density at radius 3 is 2.94 bits per heavy atom. The number of nitro groups is 1. The number of aryl methyl sites for hydroxylation is 1. The Kier molecular flexibility index (Phi) is 3.52. The van der Waals surface area contributed by atoms with E-state index in [1.807, 2.05) is 0 Å². The van der Waals surface area contributed by atoms with Crippen LogP contribution in [0.3, 0.4) is 0 Å². The number of imidazole rings is 1. The molecule has 0 radical (unpaired) electrons. The molecule has 7 nitrogen and oxygen atoms in total. The number of nitrogens with zero attached hydrogens (tertiary/aromatic N) is 3. The summed E-state index contributed by atoms with van der Waals surface area (Å²) in [6.07, 6.45) is 5.46. The summed E-state index contributed by atoms with van der Waals surface area (Å²) >= 11 is 0. The van der Waals surface area contributed by atoms with Gasteiger partial charge in [-0.1, -0.05) is 0 Å². The lowest BCUT2D eigenvalue weighted by molar-refractivity contribution is -0.385. The molecule has 0 saturated heterocycles. The number of rotatable bonds is 5. The average molecular weight is 247 g/mol. The maximum atomic E-state index is 10.6. The number of aromatic amines is 1. The van der Waals surface area contributed by atoms with Gasteiger partial charge >= 0.3 is 0 Å². The van der Waals surface area contributed by atoms with Crippen molar-refractivity contribution in [2.24, 2.45) is 0 Å². The molecule has 0 fully saturated rings. The van der Waals surface area contributed by atoms with E-state index in [-0.39, 0.29) is 5.69 Å². The zero-order chi connectivity index (χ0) is 13.0. The summed E-state index contributed by atoms with van der Waals surface area (Å²) < 4.78 is 0. The van der Waals surface area contributed by atoms with E-state index in [0.717, 1.165) is 17.8 Å². The van der Waals surface area contributed by atoms with Gasteiger partial charge in [-0.2, -0.15) is 0 Å². The van der Waals surface area contributed by atoms with Crippen LogP contribution < -0.4 is 5.32 Å². The van der Waals surface area contributed by atoms with Crippen LogP contribution >= 0.6 is 0 Å². The van der Waals surface area contributed by atoms with Gasteiger partial charge in [0.15, 0.2) is 0 Å². The van der Waals surface area contributed by atoms with Crippen LogP contribution in [0.4, 0.5) is 11.5 Å². The summed E-state index contributed by atoms with van der Waals surface area (Å²) in [6, 6.07) is 1.50. The monoisotopic (exact) mass is 247 g/mol. The SMILES string of the molecule is Cc1cc([N+](=O)[O-])cnc1NCCc1ncc[nH]1. The van der Waals surface area contributed by atoms with E-state index < -0.39 is 4.92 Å². The molecule has 18 heavy (non-hydrogen) atoms. The Balaban J connectivity index is 1.95. The number of anilines is 1. The Labute approximate surface area is 103 Å². The maximum Gasteiger partial charge on any atom is 0.287 e. The van der Waals surface area contributed by atoms with Crippen molar-refractivity contribution in [3.63, 3.8) is 0 Å². The molecular weight excluding hydrogens is 234 g/mol. The van der Waals surface area contributed by atoms with Crippen molar-refractivity contribution in [3.05, 3.63) is 46.2 Å². The molecule has 2 N–H and O–H groups in total. The van der Waals surface area contributed by atoms with Crippen molar-refractivity contribution in [2.75, 3.05) is 11.9 Å². The van der Waals surface area contributed by atoms with Crippen LogP contribution in [-0.4, -0.2) is 26.4 Å². The molecule has 7 heteroatoms. The van der Waals surface area contributed by atoms with Crippen molar-refractivity contribution < 1.29 is 4.92 Å². The Hall–Kier alpha value is -2.44. The van der Waals surface area contributed by atoms with E-state index in [1.165, 1.54) is 12.3 Å². The van der Waals surface area contributed by atoms with Crippen molar-refractivity contribution in [3.8, 4) is 0 Å². The maximum absolute atomic E-state index is 10.6. The van der Waals surface area contributed by atoms with Gasteiger partial charge in [0.05, 0.1) is 4.92 Å². The number of aromatic nitrogens is 3. The van der Waals surface area contributed by atoms with Gasteiger partial charge in [0.25, 0.3) is 5.69 Å². The summed E-state index contributed by atoms with van der Waals surface area (Å²) in [7, 11) is 0. The summed E-state index contributed by atoms with van der Waals surface area (Å²) in [5.41, 5.74) is 0.757. The van der Waals surface area contributed by atoms with E-state index in [4.69, 9.17) is 0 Å². The molecule has 0 aromatic carbocycles. The van der Waals surface area contributed by atoms with Crippen molar-refractivity contribution in [1.29, 1.82) is 0 Å². The lowest BCUT2D eigenvalue weighted by atomic mass is 10.2. The van der Waals surface area contributed by atoms with Crippen LogP contribution in [0.25, 0.3) is 0 Å². The fourth-order valence-corrected chi connectivity index (χ4v) is 1.58. The highest BCUT2D eigenvalue weighted by Gasteiger charge is 2.09. The summed E-state index contributed by atoms with van der Waals surface area (Å²) in [6.45, 7) is 2.45. The summed E-state index contributed by atoms with van der Waals surface area (Å²) in [5.74, 6) is 1.55. The largest absolute Gasteiger partial charge is 0.369 e. The molecule has 2 rings (SSSR count). The van der Waals surface area contributed by atoms with Gasteiger partial charge in [-0.25, -0.2) is 9.97 Å². The van der Waals surface area contributed by atoms with Crippen LogP contribution in [0, 0.1) is 17.0 Å². The minimum absolute atomic E-state index is 0.00378. The Morgan fingerprint density at radius 1 is 1.50 bits per heavy atom. The molecule has 94 valence electrons. The van der Waals surface area contributed by atoms with Gasteiger partial charge in [-0.05, 0) is 12.5 Å². The molecule has 0 bridgehead atoms. The van der Waals surface area contributed by atoms with Crippen molar-refractivity contribution >= 4 is 11.5 Å². The van der Waals surface area contributed by atoms with Crippen LogP contribution in [0.2, 0.25) is 0 Å². The Morgan fingerprint density at radius 2 is 2.33 bits per heavy atom. The molecule has 0 aliphatic carbocycles. The second kappa shape index (κ2) is 5.26. The molecule has 2 aromatic heterocycles. The third kappa shape index (κ3) is 2.82. The molecule has 0 unspecified atom stereocenters. The highest BCUT2D eigenvalue weighted by atomic mass is 16.6. The van der Waals surface area contributed by atoms with Crippen LogP contribution in [0.1, 0.15) is 11.4 Å². The molecule has 0 atom stereocenters. The number of hydrogen-bond donors (Lipinski definition) is 2. The second-order valence-corrected chi connectivity index (χ2v) is 3.83. The second-order valence-electron chi connectivity index (χ2n) is 3.83. The minimum atomic E-state index is -0.452. The first-order valence-electron chi connectivity index (χ1n) is 5.50. The highest BCUT2D eigenvalue weighted by molar-refractivity contribution is 5.48. The molecule has 0 aliphatic rings. The zero-order valence-corrected chi connectivity index (χ0v) is 9.88. The van der Waals surface area contributed by atoms with Gasteiger partial charge in [0.1, 0.15) is 17.8 Å². The van der Waals surface area contributed by atoms with E-state index in [2.05, 4.69) is 20.3 Å². The zero-order valence-electron chi connectivity index (χ0n) is 9.88. The standard InChI is InChI=1S/C11H13N5O2/c1-8-6-9(16(17)18)7-15-11(8)14-3-2-10-12-4-5-13-10/h4-7H,2-3H2,1H3,(H,12,13)(H,14,15). The quantitative estimate of drug-likeness (QED) is 0.618. The molecule has 2 heterocycles. The van der Waals surface area contributed by atoms with E-state index in [1.54, 1.807) is 19.3 Å². The van der Waals surface area contributed by atoms with Crippen LogP contribution in [0.5, 0.6) is 0 Å². The van der Waals surface area contributed by atoms with E-state index >= 15 is 0 Å². The topological polar surface area (TPSA) is 96.7 Å². The lowest BCUT2D eigenvalue weighted by Crippen LogP contribution is -2.08. The predicted octanol–water partition coefficient (Wildman–Crippen LogP) is 1.68. The predicted molar refractivity (Wildman–Crippen MR) is 66.4 cm³/mol. The number of H-pyrrole nitrogens is 1. The van der Waals surface area contributed by atoms with Gasteiger partial charge in [-0.3, -0.25) is 10.1 Å². The number of hydrogen-bond acceptors (Lipinski definition) is 5. The fraction of sp³-hybridized carbons (Fsp3) is 0.273. The Bertz CT molecular complexity index is 538. The van der Waals surface area contributed by atoms with Gasteiger partial charge in [-0.15, -0.1) is 0 Å². The smallest absolute Gasteiger partial charge is 0.287 e. The fourth-order valence-electron chi connectivity index (χ4n) is 1.58. The molecular formula is C11H13N5O2. The van der Waals surface area contributed by atoms with Crippen LogP contribution in [-0.2, 0) is 6.42 Å². The van der Waals surface area contributed by atoms with Gasteiger partial charge in [0.2, 0.25) is 0 Å². The number of pyridine rings is 1. The first-order chi connectivity index (χ1) is 8.66. The van der Waals surface area contributed by atoms with Gasteiger partial charge < -0.3 is 10.3 Å². The normalized spacial score (nSPS) is 10.3. The molecule has 0 aliphatic heterocycles. The lowest BCUT2D eigenvalue weighted by Gasteiger charge is -2.06. The summed E-state index contributed by atoms with van der Waals surface area (Å²) in [4.78, 5) is 21.3. The first kappa shape index (κ1) is 12.0. The third-order valence-corrected chi connectivity index (χ3v) is 2.48. The van der Waals surface area contributed by atoms with Crippen molar-refractivity contribution in [1.82, 2.24) is 15.0 Å². The van der Waals surface area contributed by atoms with E-state index in [9.17, 15) is 10.1 Å². The highest BCUT2D eigenvalue weighted by Crippen LogP contribution is 2.17. The first-order valence-corrected chi connectivity index (χ1v) is 5.50. The molecule has 0 saturated carbocycles. The minimum Gasteiger partial charge on any atom is -0.369 e. The summed E-state index contributed by atoms with van der Waals surface area (Å²) in [5, 5.41) is 13.7. The van der Waals surface area contributed by atoms with Crippen molar-refractivity contribution in [2.45, 2.75) is 13.3 Å². The van der Waals surface area contributed by atoms with Crippen LogP contribution in [0.15, 0.2) is 24.7 Å². The third-order valence-electron chi connectivity index (χ3n) is 2.48. The molecule has 2 aromatic rings. The average Bonchev–Trinajstić information content (AvgIpc) is 2.84. The van der Waals surface area contributed by atoms with E-state index in [0.29, 0.717) is 12.4 Å². The number of nitrogens with one attached hydrogen (secondary N) is 2. The molecule has 0 amide bonds. The van der Waals surface area contributed by atoms with Gasteiger partial charge in [0, 0.05) is 31.4 Å².